The summed E-state index contributed by atoms with van der Waals surface area (Å²) in [6, 6.07) is 7.11. The van der Waals surface area contributed by atoms with Crippen molar-refractivity contribution in [2.24, 2.45) is 4.99 Å². The van der Waals surface area contributed by atoms with Crippen molar-refractivity contribution in [3.63, 3.8) is 0 Å². The minimum Gasteiger partial charge on any atom is -0.466 e. The summed E-state index contributed by atoms with van der Waals surface area (Å²) in [5.74, 6) is 0.0600. The van der Waals surface area contributed by atoms with Crippen molar-refractivity contribution in [1.29, 1.82) is 0 Å². The first-order chi connectivity index (χ1) is 15.3. The maximum Gasteiger partial charge on any atom is 0.402 e. The molecule has 5 rings (SSSR count). The molecule has 162 valence electrons. The van der Waals surface area contributed by atoms with E-state index in [0.717, 1.165) is 28.5 Å². The Labute approximate surface area is 182 Å². The number of furan rings is 1. The highest BCUT2D eigenvalue weighted by Crippen LogP contribution is 2.29. The number of rotatable bonds is 5. The molecule has 1 atom stereocenters. The normalized spacial score (nSPS) is 17.5. The summed E-state index contributed by atoms with van der Waals surface area (Å²) in [5.41, 5.74) is 1.08. The van der Waals surface area contributed by atoms with Crippen LogP contribution in [-0.4, -0.2) is 51.5 Å². The van der Waals surface area contributed by atoms with Crippen LogP contribution in [0.1, 0.15) is 27.9 Å². The van der Waals surface area contributed by atoms with E-state index in [1.807, 2.05) is 17.6 Å². The van der Waals surface area contributed by atoms with Gasteiger partial charge in [0.25, 0.3) is 5.91 Å². The summed E-state index contributed by atoms with van der Waals surface area (Å²) in [7, 11) is 1.52. The Balaban J connectivity index is 1.46. The predicted molar refractivity (Wildman–Crippen MR) is 109 cm³/mol. The summed E-state index contributed by atoms with van der Waals surface area (Å²) in [5, 5.41) is 0. The number of urea groups is 1. The Morgan fingerprint density at radius 2 is 1.97 bits per heavy atom. The summed E-state index contributed by atoms with van der Waals surface area (Å²) in [6.07, 6.45) is 3.38. The molecule has 3 aromatic rings. The van der Waals surface area contributed by atoms with Gasteiger partial charge in [0.1, 0.15) is 30.0 Å². The molecule has 1 unspecified atom stereocenters. The van der Waals surface area contributed by atoms with Crippen LogP contribution >= 0.6 is 0 Å². The van der Waals surface area contributed by atoms with Gasteiger partial charge < -0.3 is 4.42 Å². The SMILES string of the molecule is Cc1c[n+]2c(n1Cc1ccco1)N=C1C2C(=O)N(CC(=O)c2ccc(F)cc2)C(=O)N1C. The van der Waals surface area contributed by atoms with Crippen LogP contribution in [0.5, 0.6) is 0 Å². The molecule has 3 amide bonds. The lowest BCUT2D eigenvalue weighted by molar-refractivity contribution is -0.677. The average molecular weight is 436 g/mol. The number of halogens is 1. The van der Waals surface area contributed by atoms with Crippen LogP contribution in [0, 0.1) is 12.7 Å². The van der Waals surface area contributed by atoms with Gasteiger partial charge in [-0.15, -0.1) is 0 Å². The lowest BCUT2D eigenvalue weighted by atomic mass is 10.1. The molecule has 2 aromatic heterocycles. The van der Waals surface area contributed by atoms with Crippen LogP contribution in [-0.2, 0) is 11.3 Å². The van der Waals surface area contributed by atoms with E-state index in [2.05, 4.69) is 4.99 Å². The van der Waals surface area contributed by atoms with Crippen LogP contribution in [0.3, 0.4) is 0 Å². The van der Waals surface area contributed by atoms with E-state index < -0.39 is 36.1 Å². The van der Waals surface area contributed by atoms with E-state index in [4.69, 9.17) is 4.42 Å². The second-order valence-electron chi connectivity index (χ2n) is 7.71. The van der Waals surface area contributed by atoms with Crippen molar-refractivity contribution in [3.8, 4) is 0 Å². The third kappa shape index (κ3) is 3.03. The number of fused-ring (bicyclic) bond motifs is 3. The molecule has 1 saturated heterocycles. The number of aliphatic imine (C=N–C) groups is 1. The number of aryl methyl sites for hydroxylation is 1. The maximum absolute atomic E-state index is 13.3. The predicted octanol–water partition coefficient (Wildman–Crippen LogP) is 2.23. The number of Topliss-reactive ketones (excluding diaryl/α,β-unsaturated/α-hetero) is 1. The van der Waals surface area contributed by atoms with Crippen LogP contribution < -0.4 is 4.57 Å². The Kier molecular flexibility index (Phi) is 4.50. The van der Waals surface area contributed by atoms with Crippen molar-refractivity contribution < 1.29 is 27.8 Å². The number of ketones is 1. The minimum atomic E-state index is -0.856. The second kappa shape index (κ2) is 7.26. The Morgan fingerprint density at radius 3 is 2.66 bits per heavy atom. The van der Waals surface area contributed by atoms with Crippen LogP contribution in [0.15, 0.2) is 58.3 Å². The molecule has 4 heterocycles. The Morgan fingerprint density at radius 1 is 1.22 bits per heavy atom. The average Bonchev–Trinajstić information content (AvgIpc) is 3.48. The van der Waals surface area contributed by atoms with Crippen LogP contribution in [0.2, 0.25) is 0 Å². The topological polar surface area (TPSA) is 92.0 Å². The van der Waals surface area contributed by atoms with E-state index >= 15 is 0 Å². The van der Waals surface area contributed by atoms with Gasteiger partial charge in [0, 0.05) is 12.6 Å². The van der Waals surface area contributed by atoms with Gasteiger partial charge in [-0.3, -0.25) is 19.4 Å². The molecule has 32 heavy (non-hydrogen) atoms. The molecule has 0 saturated carbocycles. The smallest absolute Gasteiger partial charge is 0.402 e. The summed E-state index contributed by atoms with van der Waals surface area (Å²) in [6.45, 7) is 1.87. The van der Waals surface area contributed by atoms with E-state index in [-0.39, 0.29) is 5.56 Å². The van der Waals surface area contributed by atoms with Gasteiger partial charge >= 0.3 is 12.0 Å². The zero-order chi connectivity index (χ0) is 22.6. The fourth-order valence-corrected chi connectivity index (χ4v) is 4.00. The number of nitrogens with zero attached hydrogens (tertiary/aromatic N) is 5. The molecule has 10 heteroatoms. The molecule has 2 aliphatic heterocycles. The van der Waals surface area contributed by atoms with E-state index in [0.29, 0.717) is 18.3 Å². The number of benzene rings is 1. The highest BCUT2D eigenvalue weighted by Gasteiger charge is 2.53. The molecule has 0 radical (unpaired) electrons. The van der Waals surface area contributed by atoms with Crippen molar-refractivity contribution >= 4 is 29.5 Å². The van der Waals surface area contributed by atoms with Gasteiger partial charge in [-0.05, 0) is 43.3 Å². The summed E-state index contributed by atoms with van der Waals surface area (Å²) >= 11 is 0. The maximum atomic E-state index is 13.3. The van der Waals surface area contributed by atoms with Gasteiger partial charge in [-0.1, -0.05) is 4.99 Å². The fraction of sp³-hybridized carbons (Fsp3) is 0.227. The van der Waals surface area contributed by atoms with Crippen molar-refractivity contribution in [2.75, 3.05) is 13.6 Å². The number of aromatic nitrogens is 2. The highest BCUT2D eigenvalue weighted by atomic mass is 19.1. The number of amides is 3. The quantitative estimate of drug-likeness (QED) is 0.453. The molecule has 0 aliphatic carbocycles. The first-order valence-electron chi connectivity index (χ1n) is 9.95. The third-order valence-corrected chi connectivity index (χ3v) is 5.68. The first kappa shape index (κ1) is 19.9. The molecule has 0 bridgehead atoms. The molecule has 9 nitrogen and oxygen atoms in total. The number of hydrogen-bond acceptors (Lipinski definition) is 5. The summed E-state index contributed by atoms with van der Waals surface area (Å²) < 4.78 is 22.2. The number of imide groups is 1. The number of carbonyl (C=O) groups is 3. The highest BCUT2D eigenvalue weighted by molar-refractivity contribution is 6.20. The van der Waals surface area contributed by atoms with Crippen molar-refractivity contribution in [1.82, 2.24) is 14.4 Å². The zero-order valence-corrected chi connectivity index (χ0v) is 17.4. The molecule has 0 spiro atoms. The van der Waals surface area contributed by atoms with E-state index in [9.17, 15) is 18.8 Å². The van der Waals surface area contributed by atoms with Gasteiger partial charge in [-0.25, -0.2) is 18.3 Å². The number of carbonyl (C=O) groups excluding carboxylic acids is 3. The lowest BCUT2D eigenvalue weighted by Crippen LogP contribution is -2.63. The van der Waals surface area contributed by atoms with Crippen molar-refractivity contribution in [3.05, 3.63) is 71.7 Å². The van der Waals surface area contributed by atoms with E-state index in [1.165, 1.54) is 24.1 Å². The number of likely N-dealkylation sites (N-methyl/N-ethyl adjacent to an activating group) is 1. The minimum absolute atomic E-state index is 0.217. The Hall–Kier alpha value is -4.08. The number of amidine groups is 1. The third-order valence-electron chi connectivity index (χ3n) is 5.68. The monoisotopic (exact) mass is 436 g/mol. The van der Waals surface area contributed by atoms with Gasteiger partial charge in [0.15, 0.2) is 5.78 Å². The molecular weight excluding hydrogens is 417 g/mol. The van der Waals surface area contributed by atoms with Gasteiger partial charge in [-0.2, -0.15) is 0 Å². The first-order valence-corrected chi connectivity index (χ1v) is 9.95. The molecular formula is C22H19FN5O4+. The van der Waals surface area contributed by atoms with E-state index in [1.54, 1.807) is 23.1 Å². The second-order valence-corrected chi connectivity index (χ2v) is 7.71. The Bertz CT molecular complexity index is 1280. The molecule has 0 N–H and O–H groups in total. The summed E-state index contributed by atoms with van der Waals surface area (Å²) in [4.78, 5) is 45.6. The molecule has 2 aliphatic rings. The van der Waals surface area contributed by atoms with Crippen molar-refractivity contribution in [2.45, 2.75) is 19.5 Å². The molecule has 1 fully saturated rings. The van der Waals surface area contributed by atoms with Gasteiger partial charge in [0.2, 0.25) is 11.9 Å². The number of hydrogen-bond donors (Lipinski definition) is 0. The fourth-order valence-electron chi connectivity index (χ4n) is 4.00. The standard InChI is InChI=1S/C22H19FN5O4/c1-13-10-27-18-19(24-21(27)26(13)11-16-4-3-9-32-16)25(2)22(31)28(20(18)30)12-17(29)14-5-7-15(23)8-6-14/h3-10,18H,11-12H2,1-2H3/q+1. The largest absolute Gasteiger partial charge is 0.466 e. The van der Waals surface area contributed by atoms with Crippen LogP contribution in [0.25, 0.3) is 0 Å². The lowest BCUT2D eigenvalue weighted by Gasteiger charge is -2.32. The number of imidazole rings is 1. The van der Waals surface area contributed by atoms with Crippen LogP contribution in [0.4, 0.5) is 15.1 Å². The van der Waals surface area contributed by atoms with Gasteiger partial charge in [0.05, 0.1) is 12.8 Å². The molecule has 1 aromatic carbocycles. The zero-order valence-electron chi connectivity index (χ0n) is 17.4.